The predicted molar refractivity (Wildman–Crippen MR) is 120 cm³/mol. The average Bonchev–Trinajstić information content (AvgIpc) is 3.22. The Balaban J connectivity index is 1.91. The zero-order valence-electron chi connectivity index (χ0n) is 15.9. The number of hydrogen-bond acceptors (Lipinski definition) is 6. The molecule has 2 aromatic rings. The van der Waals surface area contributed by atoms with Gasteiger partial charge in [0.1, 0.15) is 11.5 Å². The zero-order valence-corrected chi connectivity index (χ0v) is 19.8. The normalized spacial score (nSPS) is 13.1. The SMILES string of the molecule is COC(=O)c1c(NC(=O)CN(c2cc(Cl)c(Cl)cc2Cl)S(C)(=O)=O)sc2c1CCC2. The van der Waals surface area contributed by atoms with Gasteiger partial charge in [0, 0.05) is 4.88 Å². The Bertz CT molecular complexity index is 1130. The molecule has 1 aromatic heterocycles. The second-order valence-electron chi connectivity index (χ2n) is 6.59. The Morgan fingerprint density at radius 3 is 2.47 bits per heavy atom. The lowest BCUT2D eigenvalue weighted by atomic mass is 10.1. The van der Waals surface area contributed by atoms with Gasteiger partial charge in [-0.05, 0) is 37.0 Å². The summed E-state index contributed by atoms with van der Waals surface area (Å²) >= 11 is 19.3. The molecule has 1 heterocycles. The summed E-state index contributed by atoms with van der Waals surface area (Å²) in [6, 6.07) is 2.58. The van der Waals surface area contributed by atoms with Crippen molar-refractivity contribution >= 4 is 78.7 Å². The van der Waals surface area contributed by atoms with Gasteiger partial charge in [0.05, 0.1) is 39.7 Å². The average molecular weight is 512 g/mol. The fraction of sp³-hybridized carbons (Fsp3) is 0.333. The van der Waals surface area contributed by atoms with Crippen LogP contribution in [0.4, 0.5) is 10.7 Å². The third-order valence-electron chi connectivity index (χ3n) is 4.51. The Labute approximate surface area is 192 Å². The van der Waals surface area contributed by atoms with Crippen molar-refractivity contribution in [2.24, 2.45) is 0 Å². The van der Waals surface area contributed by atoms with Crippen LogP contribution in [0, 0.1) is 0 Å². The highest BCUT2D eigenvalue weighted by molar-refractivity contribution is 7.92. The molecule has 0 atom stereocenters. The van der Waals surface area contributed by atoms with Gasteiger partial charge in [0.2, 0.25) is 15.9 Å². The fourth-order valence-corrected chi connectivity index (χ4v) is 6.04. The molecule has 1 amide bonds. The molecule has 1 aromatic carbocycles. The number of methoxy groups -OCH3 is 1. The number of nitrogens with zero attached hydrogens (tertiary/aromatic N) is 1. The molecule has 0 fully saturated rings. The van der Waals surface area contributed by atoms with Crippen molar-refractivity contribution in [1.82, 2.24) is 0 Å². The Hall–Kier alpha value is -1.52. The molecule has 0 bridgehead atoms. The van der Waals surface area contributed by atoms with Crippen LogP contribution < -0.4 is 9.62 Å². The third-order valence-corrected chi connectivity index (χ3v) is 7.87. The number of aryl methyl sites for hydroxylation is 1. The first kappa shape index (κ1) is 23.1. The number of fused-ring (bicyclic) bond motifs is 1. The molecule has 0 saturated heterocycles. The van der Waals surface area contributed by atoms with E-state index in [1.165, 1.54) is 30.6 Å². The number of anilines is 2. The molecule has 1 N–H and O–H groups in total. The second kappa shape index (κ2) is 8.92. The maximum Gasteiger partial charge on any atom is 0.341 e. The van der Waals surface area contributed by atoms with Crippen molar-refractivity contribution in [3.63, 3.8) is 0 Å². The van der Waals surface area contributed by atoms with Gasteiger partial charge in [0.15, 0.2) is 0 Å². The van der Waals surface area contributed by atoms with E-state index in [0.717, 1.165) is 40.3 Å². The number of benzene rings is 1. The number of carbonyl (C=O) groups is 2. The maximum absolute atomic E-state index is 12.7. The Morgan fingerprint density at radius 2 is 1.83 bits per heavy atom. The molecule has 0 radical (unpaired) electrons. The van der Waals surface area contributed by atoms with Crippen LogP contribution in [0.5, 0.6) is 0 Å². The standard InChI is InChI=1S/C18H17Cl3N2O5S2/c1-28-18(25)16-9-4-3-5-14(9)29-17(16)22-15(24)8-23(30(2,26)27)13-7-11(20)10(19)6-12(13)21/h6-7H,3-5,8H2,1-2H3,(H,22,24). The maximum atomic E-state index is 12.7. The smallest absolute Gasteiger partial charge is 0.341 e. The van der Waals surface area contributed by atoms with Gasteiger partial charge in [-0.25, -0.2) is 13.2 Å². The van der Waals surface area contributed by atoms with Crippen LogP contribution in [-0.2, 0) is 32.4 Å². The number of carbonyl (C=O) groups excluding carboxylic acids is 2. The van der Waals surface area contributed by atoms with Gasteiger partial charge in [-0.1, -0.05) is 34.8 Å². The molecule has 0 unspecified atom stereocenters. The Morgan fingerprint density at radius 1 is 1.17 bits per heavy atom. The summed E-state index contributed by atoms with van der Waals surface area (Å²) in [5, 5.41) is 3.25. The van der Waals surface area contributed by atoms with E-state index in [1.807, 2.05) is 0 Å². The van der Waals surface area contributed by atoms with Crippen molar-refractivity contribution in [3.05, 3.63) is 43.2 Å². The minimum atomic E-state index is -3.89. The summed E-state index contributed by atoms with van der Waals surface area (Å²) in [4.78, 5) is 26.0. The molecule has 0 aliphatic heterocycles. The van der Waals surface area contributed by atoms with Gasteiger partial charge >= 0.3 is 5.97 Å². The van der Waals surface area contributed by atoms with E-state index >= 15 is 0 Å². The van der Waals surface area contributed by atoms with E-state index in [-0.39, 0.29) is 20.8 Å². The molecular weight excluding hydrogens is 495 g/mol. The summed E-state index contributed by atoms with van der Waals surface area (Å²) in [6.07, 6.45) is 3.41. The Kier molecular flexibility index (Phi) is 6.88. The first-order valence-electron chi connectivity index (χ1n) is 8.68. The van der Waals surface area contributed by atoms with Crippen molar-refractivity contribution in [2.75, 3.05) is 29.5 Å². The van der Waals surface area contributed by atoms with Gasteiger partial charge in [-0.3, -0.25) is 9.10 Å². The predicted octanol–water partition coefficient (Wildman–Crippen LogP) is 4.39. The summed E-state index contributed by atoms with van der Waals surface area (Å²) in [7, 11) is -2.62. The third kappa shape index (κ3) is 4.70. The lowest BCUT2D eigenvalue weighted by Crippen LogP contribution is -2.37. The summed E-state index contributed by atoms with van der Waals surface area (Å²) < 4.78 is 30.4. The van der Waals surface area contributed by atoms with Crippen LogP contribution in [-0.4, -0.2) is 40.2 Å². The number of thiophene rings is 1. The van der Waals surface area contributed by atoms with Crippen molar-refractivity contribution in [2.45, 2.75) is 19.3 Å². The van der Waals surface area contributed by atoms with Crippen LogP contribution in [0.1, 0.15) is 27.2 Å². The van der Waals surface area contributed by atoms with E-state index in [1.54, 1.807) is 0 Å². The number of amides is 1. The lowest BCUT2D eigenvalue weighted by molar-refractivity contribution is -0.114. The second-order valence-corrected chi connectivity index (χ2v) is 10.8. The summed E-state index contributed by atoms with van der Waals surface area (Å²) in [5.41, 5.74) is 1.21. The molecule has 12 heteroatoms. The fourth-order valence-electron chi connectivity index (χ4n) is 3.19. The summed E-state index contributed by atoms with van der Waals surface area (Å²) in [6.45, 7) is -0.570. The number of sulfonamides is 1. The number of nitrogens with one attached hydrogen (secondary N) is 1. The van der Waals surface area contributed by atoms with E-state index in [9.17, 15) is 18.0 Å². The van der Waals surface area contributed by atoms with Crippen molar-refractivity contribution < 1.29 is 22.7 Å². The number of esters is 1. The summed E-state index contributed by atoms with van der Waals surface area (Å²) in [5.74, 6) is -1.19. The number of halogens is 3. The van der Waals surface area contributed by atoms with E-state index in [2.05, 4.69) is 5.32 Å². The van der Waals surface area contributed by atoms with Crippen LogP contribution in [0.2, 0.25) is 15.1 Å². The van der Waals surface area contributed by atoms with Gasteiger partial charge < -0.3 is 10.1 Å². The highest BCUT2D eigenvalue weighted by Gasteiger charge is 2.29. The van der Waals surface area contributed by atoms with Gasteiger partial charge in [-0.15, -0.1) is 11.3 Å². The molecule has 1 aliphatic carbocycles. The molecule has 30 heavy (non-hydrogen) atoms. The highest BCUT2D eigenvalue weighted by Crippen LogP contribution is 2.40. The molecule has 0 spiro atoms. The number of hydrogen-bond donors (Lipinski definition) is 1. The van der Waals surface area contributed by atoms with Gasteiger partial charge in [0.25, 0.3) is 0 Å². The van der Waals surface area contributed by atoms with Crippen LogP contribution in [0.15, 0.2) is 12.1 Å². The topological polar surface area (TPSA) is 92.8 Å². The minimum Gasteiger partial charge on any atom is -0.465 e. The molecule has 7 nitrogen and oxygen atoms in total. The van der Waals surface area contributed by atoms with E-state index in [4.69, 9.17) is 39.5 Å². The first-order valence-corrected chi connectivity index (χ1v) is 12.5. The largest absolute Gasteiger partial charge is 0.465 e. The molecular formula is C18H17Cl3N2O5S2. The molecule has 162 valence electrons. The molecule has 0 saturated carbocycles. The number of ether oxygens (including phenoxy) is 1. The quantitative estimate of drug-likeness (QED) is 0.459. The zero-order chi connectivity index (χ0) is 22.2. The molecule has 1 aliphatic rings. The van der Waals surface area contributed by atoms with Crippen molar-refractivity contribution in [1.29, 1.82) is 0 Å². The van der Waals surface area contributed by atoms with E-state index < -0.39 is 28.4 Å². The highest BCUT2D eigenvalue weighted by atomic mass is 35.5. The van der Waals surface area contributed by atoms with Crippen LogP contribution in [0.3, 0.4) is 0 Å². The van der Waals surface area contributed by atoms with Gasteiger partial charge in [-0.2, -0.15) is 0 Å². The monoisotopic (exact) mass is 510 g/mol. The minimum absolute atomic E-state index is 0.0191. The van der Waals surface area contributed by atoms with Crippen LogP contribution >= 0.6 is 46.1 Å². The van der Waals surface area contributed by atoms with Crippen molar-refractivity contribution in [3.8, 4) is 0 Å². The lowest BCUT2D eigenvalue weighted by Gasteiger charge is -2.23. The molecule has 3 rings (SSSR count). The van der Waals surface area contributed by atoms with Crippen LogP contribution in [0.25, 0.3) is 0 Å². The van der Waals surface area contributed by atoms with E-state index in [0.29, 0.717) is 10.6 Å². The number of rotatable bonds is 6. The first-order chi connectivity index (χ1) is 14.0.